The fourth-order valence-corrected chi connectivity index (χ4v) is 3.85. The standard InChI is InChI=1S/C17H22N2S/c1-12-11-20-17(18-12)13(2)19-16-10-6-4-8-14-7-3-5-9-15(14)16/h3,5,7,9,11,13,16,19H,4,6,8,10H2,1-2H3. The van der Waals surface area contributed by atoms with Crippen LogP contribution in [0.25, 0.3) is 0 Å². The number of benzene rings is 1. The highest BCUT2D eigenvalue weighted by Gasteiger charge is 2.21. The number of nitrogens with one attached hydrogen (secondary N) is 1. The summed E-state index contributed by atoms with van der Waals surface area (Å²) in [6.07, 6.45) is 5.06. The average Bonchev–Trinajstić information content (AvgIpc) is 2.79. The number of rotatable bonds is 3. The SMILES string of the molecule is Cc1csc(C(C)NC2CCCCc3ccccc32)n1. The lowest BCUT2D eigenvalue weighted by Crippen LogP contribution is -2.24. The lowest BCUT2D eigenvalue weighted by Gasteiger charge is -2.23. The van der Waals surface area contributed by atoms with Crippen molar-refractivity contribution in [1.82, 2.24) is 10.3 Å². The van der Waals surface area contributed by atoms with Crippen LogP contribution >= 0.6 is 11.3 Å². The van der Waals surface area contributed by atoms with Gasteiger partial charge < -0.3 is 5.32 Å². The first kappa shape index (κ1) is 13.8. The molecule has 2 unspecified atom stereocenters. The van der Waals surface area contributed by atoms with Crippen LogP contribution in [0.15, 0.2) is 29.6 Å². The number of aryl methyl sites for hydroxylation is 2. The summed E-state index contributed by atoms with van der Waals surface area (Å²) >= 11 is 1.76. The number of aromatic nitrogens is 1. The Hall–Kier alpha value is -1.19. The summed E-state index contributed by atoms with van der Waals surface area (Å²) in [5.41, 5.74) is 4.13. The Labute approximate surface area is 125 Å². The van der Waals surface area contributed by atoms with E-state index in [2.05, 4.69) is 53.8 Å². The Morgan fingerprint density at radius 1 is 1.30 bits per heavy atom. The van der Waals surface area contributed by atoms with Crippen LogP contribution in [0.4, 0.5) is 0 Å². The van der Waals surface area contributed by atoms with Crippen molar-refractivity contribution in [3.63, 3.8) is 0 Å². The topological polar surface area (TPSA) is 24.9 Å². The van der Waals surface area contributed by atoms with E-state index in [4.69, 9.17) is 0 Å². The van der Waals surface area contributed by atoms with E-state index in [9.17, 15) is 0 Å². The van der Waals surface area contributed by atoms with Crippen LogP contribution in [0.5, 0.6) is 0 Å². The molecule has 3 rings (SSSR count). The molecule has 0 amide bonds. The highest BCUT2D eigenvalue weighted by atomic mass is 32.1. The zero-order valence-electron chi connectivity index (χ0n) is 12.2. The minimum atomic E-state index is 0.324. The van der Waals surface area contributed by atoms with Gasteiger partial charge in [-0.15, -0.1) is 11.3 Å². The van der Waals surface area contributed by atoms with Gasteiger partial charge in [0.15, 0.2) is 0 Å². The smallest absolute Gasteiger partial charge is 0.110 e. The Kier molecular flexibility index (Phi) is 4.18. The summed E-state index contributed by atoms with van der Waals surface area (Å²) < 4.78 is 0. The number of fused-ring (bicyclic) bond motifs is 1. The predicted molar refractivity (Wildman–Crippen MR) is 85.1 cm³/mol. The highest BCUT2D eigenvalue weighted by Crippen LogP contribution is 2.31. The van der Waals surface area contributed by atoms with E-state index in [0.717, 1.165) is 5.69 Å². The molecule has 1 aromatic carbocycles. The zero-order chi connectivity index (χ0) is 13.9. The van der Waals surface area contributed by atoms with Gasteiger partial charge in [0.05, 0.1) is 6.04 Å². The van der Waals surface area contributed by atoms with Gasteiger partial charge in [0.1, 0.15) is 5.01 Å². The molecule has 2 aromatic rings. The molecule has 1 aliphatic carbocycles. The number of hydrogen-bond acceptors (Lipinski definition) is 3. The van der Waals surface area contributed by atoms with Crippen LogP contribution < -0.4 is 5.32 Å². The molecule has 0 radical (unpaired) electrons. The van der Waals surface area contributed by atoms with Crippen molar-refractivity contribution in [2.75, 3.05) is 0 Å². The molecule has 0 saturated heterocycles. The number of hydrogen-bond donors (Lipinski definition) is 1. The van der Waals surface area contributed by atoms with E-state index in [1.54, 1.807) is 11.3 Å². The maximum absolute atomic E-state index is 4.61. The molecule has 106 valence electrons. The summed E-state index contributed by atoms with van der Waals surface area (Å²) in [5.74, 6) is 0. The summed E-state index contributed by atoms with van der Waals surface area (Å²) in [7, 11) is 0. The van der Waals surface area contributed by atoms with Crippen molar-refractivity contribution in [2.24, 2.45) is 0 Å². The number of nitrogens with zero attached hydrogens (tertiary/aromatic N) is 1. The minimum absolute atomic E-state index is 0.324. The van der Waals surface area contributed by atoms with Crippen molar-refractivity contribution in [3.8, 4) is 0 Å². The van der Waals surface area contributed by atoms with E-state index >= 15 is 0 Å². The third-order valence-corrected chi connectivity index (χ3v) is 5.22. The van der Waals surface area contributed by atoms with Crippen molar-refractivity contribution >= 4 is 11.3 Å². The van der Waals surface area contributed by atoms with E-state index in [0.29, 0.717) is 12.1 Å². The predicted octanol–water partition coefficient (Wildman–Crippen LogP) is 4.57. The lowest BCUT2D eigenvalue weighted by molar-refractivity contribution is 0.436. The van der Waals surface area contributed by atoms with E-state index in [1.807, 2.05) is 0 Å². The van der Waals surface area contributed by atoms with Crippen LogP contribution in [0, 0.1) is 6.92 Å². The molecular formula is C17H22N2S. The van der Waals surface area contributed by atoms with Gasteiger partial charge in [0.2, 0.25) is 0 Å². The third kappa shape index (κ3) is 2.94. The van der Waals surface area contributed by atoms with Crippen LogP contribution in [0.2, 0.25) is 0 Å². The Balaban J connectivity index is 1.80. The van der Waals surface area contributed by atoms with Gasteiger partial charge >= 0.3 is 0 Å². The first-order valence-electron chi connectivity index (χ1n) is 7.50. The Morgan fingerprint density at radius 3 is 2.95 bits per heavy atom. The maximum atomic E-state index is 4.61. The van der Waals surface area contributed by atoms with Gasteiger partial charge in [-0.25, -0.2) is 4.98 Å². The van der Waals surface area contributed by atoms with E-state index < -0.39 is 0 Å². The molecule has 1 aliphatic rings. The Morgan fingerprint density at radius 2 is 2.15 bits per heavy atom. The average molecular weight is 286 g/mol. The van der Waals surface area contributed by atoms with Gasteiger partial charge in [-0.1, -0.05) is 30.7 Å². The molecule has 2 atom stereocenters. The van der Waals surface area contributed by atoms with Crippen molar-refractivity contribution in [1.29, 1.82) is 0 Å². The second kappa shape index (κ2) is 6.06. The second-order valence-corrected chi connectivity index (χ2v) is 6.60. The zero-order valence-corrected chi connectivity index (χ0v) is 13.0. The van der Waals surface area contributed by atoms with Crippen molar-refractivity contribution < 1.29 is 0 Å². The van der Waals surface area contributed by atoms with Gasteiger partial charge in [0.25, 0.3) is 0 Å². The summed E-state index contributed by atoms with van der Waals surface area (Å²) in [4.78, 5) is 4.61. The molecule has 0 saturated carbocycles. The van der Waals surface area contributed by atoms with E-state index in [1.165, 1.54) is 41.8 Å². The fraction of sp³-hybridized carbons (Fsp3) is 0.471. The lowest BCUT2D eigenvalue weighted by atomic mass is 9.98. The quantitative estimate of drug-likeness (QED) is 0.836. The molecule has 1 heterocycles. The Bertz CT molecular complexity index is 576. The highest BCUT2D eigenvalue weighted by molar-refractivity contribution is 7.09. The van der Waals surface area contributed by atoms with Crippen LogP contribution in [0.3, 0.4) is 0 Å². The van der Waals surface area contributed by atoms with Crippen LogP contribution in [-0.4, -0.2) is 4.98 Å². The maximum Gasteiger partial charge on any atom is 0.110 e. The molecule has 2 nitrogen and oxygen atoms in total. The molecule has 0 fully saturated rings. The second-order valence-electron chi connectivity index (χ2n) is 5.71. The van der Waals surface area contributed by atoms with Crippen LogP contribution in [-0.2, 0) is 6.42 Å². The first-order chi connectivity index (χ1) is 9.74. The summed E-state index contributed by atoms with van der Waals surface area (Å²) in [6.45, 7) is 4.29. The molecule has 3 heteroatoms. The van der Waals surface area contributed by atoms with Gasteiger partial charge in [-0.3, -0.25) is 0 Å². The molecule has 0 aliphatic heterocycles. The first-order valence-corrected chi connectivity index (χ1v) is 8.38. The van der Waals surface area contributed by atoms with Crippen molar-refractivity contribution in [2.45, 2.75) is 51.6 Å². The summed E-state index contributed by atoms with van der Waals surface area (Å²) in [5, 5.41) is 7.12. The molecular weight excluding hydrogens is 264 g/mol. The normalized spacial score (nSPS) is 20.2. The minimum Gasteiger partial charge on any atom is -0.301 e. The summed E-state index contributed by atoms with van der Waals surface area (Å²) in [6, 6.07) is 9.69. The molecule has 20 heavy (non-hydrogen) atoms. The molecule has 1 aromatic heterocycles. The number of thiazole rings is 1. The fourth-order valence-electron chi connectivity index (χ4n) is 3.04. The van der Waals surface area contributed by atoms with Gasteiger partial charge in [-0.05, 0) is 44.2 Å². The van der Waals surface area contributed by atoms with Gasteiger partial charge in [-0.2, -0.15) is 0 Å². The van der Waals surface area contributed by atoms with Crippen molar-refractivity contribution in [3.05, 3.63) is 51.5 Å². The van der Waals surface area contributed by atoms with Gasteiger partial charge in [0, 0.05) is 17.1 Å². The molecule has 0 bridgehead atoms. The largest absolute Gasteiger partial charge is 0.301 e. The van der Waals surface area contributed by atoms with E-state index in [-0.39, 0.29) is 0 Å². The molecule has 1 N–H and O–H groups in total. The third-order valence-electron chi connectivity index (χ3n) is 4.08. The molecule has 0 spiro atoms. The monoisotopic (exact) mass is 286 g/mol. The van der Waals surface area contributed by atoms with Crippen LogP contribution in [0.1, 0.15) is 60.1 Å².